The molecule has 25 heavy (non-hydrogen) atoms. The number of carbonyl (C=O) groups is 1. The molecule has 0 fully saturated rings. The fourth-order valence-electron chi connectivity index (χ4n) is 2.43. The molecule has 0 aromatic heterocycles. The second-order valence-corrected chi connectivity index (χ2v) is 5.43. The van der Waals surface area contributed by atoms with Crippen LogP contribution >= 0.6 is 0 Å². The third-order valence-corrected chi connectivity index (χ3v) is 3.77. The van der Waals surface area contributed by atoms with Gasteiger partial charge in [0.2, 0.25) is 0 Å². The van der Waals surface area contributed by atoms with Crippen molar-refractivity contribution in [3.05, 3.63) is 63.7 Å². The molecule has 1 amide bonds. The summed E-state index contributed by atoms with van der Waals surface area (Å²) in [5.41, 5.74) is 1.54. The van der Waals surface area contributed by atoms with E-state index in [1.165, 1.54) is 18.2 Å². The lowest BCUT2D eigenvalue weighted by Crippen LogP contribution is -2.27. The van der Waals surface area contributed by atoms with Crippen LogP contribution in [0.3, 0.4) is 0 Å². The zero-order valence-electron chi connectivity index (χ0n) is 14.4. The summed E-state index contributed by atoms with van der Waals surface area (Å²) < 4.78 is 5.40. The predicted octanol–water partition coefficient (Wildman–Crippen LogP) is 3.53. The Kier molecular flexibility index (Phi) is 5.94. The zero-order valence-corrected chi connectivity index (χ0v) is 14.4. The number of hydrogen-bond acceptors (Lipinski definition) is 5. The first-order chi connectivity index (χ1) is 12.0. The number of anilines is 1. The summed E-state index contributed by atoms with van der Waals surface area (Å²) in [4.78, 5) is 23.0. The van der Waals surface area contributed by atoms with Crippen molar-refractivity contribution in [1.29, 1.82) is 0 Å². The number of non-ortho nitro benzene ring substituents is 1. The Hall–Kier alpha value is -3.09. The SMILES string of the molecule is CCOc1ccc(C(C)NC(=O)c2cc([N+](=O)[O-])ccc2NC)cc1. The summed E-state index contributed by atoms with van der Waals surface area (Å²) in [5, 5.41) is 16.7. The van der Waals surface area contributed by atoms with Crippen molar-refractivity contribution in [2.45, 2.75) is 19.9 Å². The smallest absolute Gasteiger partial charge is 0.270 e. The van der Waals surface area contributed by atoms with Crippen LogP contribution < -0.4 is 15.4 Å². The van der Waals surface area contributed by atoms with Crippen LogP contribution in [-0.2, 0) is 0 Å². The van der Waals surface area contributed by atoms with E-state index in [-0.39, 0.29) is 23.2 Å². The number of nitro groups is 1. The van der Waals surface area contributed by atoms with Gasteiger partial charge in [0, 0.05) is 24.9 Å². The lowest BCUT2D eigenvalue weighted by molar-refractivity contribution is -0.384. The van der Waals surface area contributed by atoms with Crippen molar-refractivity contribution < 1.29 is 14.5 Å². The minimum atomic E-state index is -0.522. The van der Waals surface area contributed by atoms with E-state index in [1.54, 1.807) is 7.05 Å². The van der Waals surface area contributed by atoms with E-state index >= 15 is 0 Å². The summed E-state index contributed by atoms with van der Waals surface area (Å²) in [6.45, 7) is 4.35. The molecule has 2 rings (SSSR count). The van der Waals surface area contributed by atoms with Crippen LogP contribution in [0.15, 0.2) is 42.5 Å². The highest BCUT2D eigenvalue weighted by Gasteiger charge is 2.18. The number of nitro benzene ring substituents is 1. The first-order valence-electron chi connectivity index (χ1n) is 7.96. The highest BCUT2D eigenvalue weighted by Crippen LogP contribution is 2.23. The second-order valence-electron chi connectivity index (χ2n) is 5.43. The van der Waals surface area contributed by atoms with E-state index in [4.69, 9.17) is 4.74 Å². The van der Waals surface area contributed by atoms with E-state index in [9.17, 15) is 14.9 Å². The molecule has 1 atom stereocenters. The molecule has 0 heterocycles. The van der Waals surface area contributed by atoms with Gasteiger partial charge in [-0.25, -0.2) is 0 Å². The molecular formula is C18H21N3O4. The average Bonchev–Trinajstić information content (AvgIpc) is 2.61. The Morgan fingerprint density at radius 3 is 2.48 bits per heavy atom. The molecule has 1 unspecified atom stereocenters. The summed E-state index contributed by atoms with van der Waals surface area (Å²) in [7, 11) is 1.66. The monoisotopic (exact) mass is 343 g/mol. The summed E-state index contributed by atoms with van der Waals surface area (Å²) in [5.74, 6) is 0.385. The third kappa shape index (κ3) is 4.47. The van der Waals surface area contributed by atoms with Gasteiger partial charge < -0.3 is 15.4 Å². The minimum absolute atomic E-state index is 0.127. The lowest BCUT2D eigenvalue weighted by Gasteiger charge is -2.16. The van der Waals surface area contributed by atoms with Gasteiger partial charge in [0.1, 0.15) is 5.75 Å². The molecule has 2 aromatic carbocycles. The van der Waals surface area contributed by atoms with Gasteiger partial charge in [-0.2, -0.15) is 0 Å². The number of benzene rings is 2. The van der Waals surface area contributed by atoms with Gasteiger partial charge in [-0.05, 0) is 37.6 Å². The molecule has 0 radical (unpaired) electrons. The van der Waals surface area contributed by atoms with E-state index in [2.05, 4.69) is 10.6 Å². The van der Waals surface area contributed by atoms with Crippen molar-refractivity contribution >= 4 is 17.3 Å². The molecule has 2 aromatic rings. The van der Waals surface area contributed by atoms with Gasteiger partial charge in [-0.3, -0.25) is 14.9 Å². The van der Waals surface area contributed by atoms with Crippen LogP contribution in [0.1, 0.15) is 35.8 Å². The molecule has 0 bridgehead atoms. The second kappa shape index (κ2) is 8.14. The van der Waals surface area contributed by atoms with Crippen LogP contribution in [0.25, 0.3) is 0 Å². The highest BCUT2D eigenvalue weighted by molar-refractivity contribution is 6.00. The number of amides is 1. The number of rotatable bonds is 7. The topological polar surface area (TPSA) is 93.5 Å². The molecule has 7 nitrogen and oxygen atoms in total. The first-order valence-corrected chi connectivity index (χ1v) is 7.96. The van der Waals surface area contributed by atoms with Gasteiger partial charge in [-0.15, -0.1) is 0 Å². The Bertz CT molecular complexity index is 759. The van der Waals surface area contributed by atoms with Gasteiger partial charge in [0.25, 0.3) is 11.6 Å². The maximum Gasteiger partial charge on any atom is 0.270 e. The van der Waals surface area contributed by atoms with Gasteiger partial charge in [-0.1, -0.05) is 12.1 Å². The van der Waals surface area contributed by atoms with Crippen LogP contribution in [0.4, 0.5) is 11.4 Å². The molecule has 0 aliphatic heterocycles. The first kappa shape index (κ1) is 18.3. The number of nitrogens with zero attached hydrogens (tertiary/aromatic N) is 1. The molecule has 7 heteroatoms. The molecule has 0 saturated carbocycles. The van der Waals surface area contributed by atoms with E-state index in [1.807, 2.05) is 38.1 Å². The fraction of sp³-hybridized carbons (Fsp3) is 0.278. The van der Waals surface area contributed by atoms with Crippen molar-refractivity contribution in [1.82, 2.24) is 5.32 Å². The largest absolute Gasteiger partial charge is 0.494 e. The van der Waals surface area contributed by atoms with Gasteiger partial charge in [0.05, 0.1) is 23.1 Å². The molecule has 0 spiro atoms. The highest BCUT2D eigenvalue weighted by atomic mass is 16.6. The number of hydrogen-bond donors (Lipinski definition) is 2. The third-order valence-electron chi connectivity index (χ3n) is 3.77. The quantitative estimate of drug-likeness (QED) is 0.592. The maximum absolute atomic E-state index is 12.6. The maximum atomic E-state index is 12.6. The number of carbonyl (C=O) groups excluding carboxylic acids is 1. The summed E-state index contributed by atoms with van der Waals surface area (Å²) >= 11 is 0. The van der Waals surface area contributed by atoms with Crippen LogP contribution in [0.5, 0.6) is 5.75 Å². The lowest BCUT2D eigenvalue weighted by atomic mass is 10.1. The Balaban J connectivity index is 2.17. The standard InChI is InChI=1S/C18H21N3O4/c1-4-25-15-8-5-13(6-9-15)12(2)20-18(22)16-11-14(21(23)24)7-10-17(16)19-3/h5-12,19H,4H2,1-3H3,(H,20,22). The van der Waals surface area contributed by atoms with Crippen molar-refractivity contribution in [2.75, 3.05) is 19.0 Å². The normalized spacial score (nSPS) is 11.5. The fourth-order valence-corrected chi connectivity index (χ4v) is 2.43. The van der Waals surface area contributed by atoms with Crippen molar-refractivity contribution in [2.24, 2.45) is 0 Å². The van der Waals surface area contributed by atoms with Gasteiger partial charge >= 0.3 is 0 Å². The summed E-state index contributed by atoms with van der Waals surface area (Å²) in [6.07, 6.45) is 0. The average molecular weight is 343 g/mol. The van der Waals surface area contributed by atoms with E-state index in [0.717, 1.165) is 11.3 Å². The number of nitrogens with one attached hydrogen (secondary N) is 2. The van der Waals surface area contributed by atoms with Crippen LogP contribution in [0.2, 0.25) is 0 Å². The van der Waals surface area contributed by atoms with E-state index in [0.29, 0.717) is 12.3 Å². The zero-order chi connectivity index (χ0) is 18.4. The molecule has 132 valence electrons. The van der Waals surface area contributed by atoms with E-state index < -0.39 is 4.92 Å². The van der Waals surface area contributed by atoms with Crippen molar-refractivity contribution in [3.63, 3.8) is 0 Å². The Morgan fingerprint density at radius 1 is 1.24 bits per heavy atom. The minimum Gasteiger partial charge on any atom is -0.494 e. The van der Waals surface area contributed by atoms with Crippen LogP contribution in [0, 0.1) is 10.1 Å². The molecule has 0 aliphatic rings. The number of ether oxygens (including phenoxy) is 1. The van der Waals surface area contributed by atoms with Crippen LogP contribution in [-0.4, -0.2) is 24.5 Å². The molecule has 0 saturated heterocycles. The summed E-state index contributed by atoms with van der Waals surface area (Å²) in [6, 6.07) is 11.3. The van der Waals surface area contributed by atoms with Gasteiger partial charge in [0.15, 0.2) is 0 Å². The molecule has 0 aliphatic carbocycles. The Morgan fingerprint density at radius 2 is 1.92 bits per heavy atom. The van der Waals surface area contributed by atoms with Crippen molar-refractivity contribution in [3.8, 4) is 5.75 Å². The Labute approximate surface area is 146 Å². The molecular weight excluding hydrogens is 322 g/mol. The molecule has 2 N–H and O–H groups in total. The predicted molar refractivity (Wildman–Crippen MR) is 96.1 cm³/mol.